The first-order valence-electron chi connectivity index (χ1n) is 5.03. The van der Waals surface area contributed by atoms with Crippen LogP contribution in [-0.2, 0) is 13.6 Å². The van der Waals surface area contributed by atoms with E-state index < -0.39 is 5.82 Å². The van der Waals surface area contributed by atoms with E-state index in [1.54, 1.807) is 4.68 Å². The highest BCUT2D eigenvalue weighted by atomic mass is 35.5. The highest BCUT2D eigenvalue weighted by Gasteiger charge is 2.06. The topological polar surface area (TPSA) is 55.9 Å². The molecule has 0 bridgehead atoms. The van der Waals surface area contributed by atoms with Crippen molar-refractivity contribution in [1.82, 2.24) is 9.78 Å². The number of nitrogens with two attached hydrogens (primary N) is 1. The molecule has 17 heavy (non-hydrogen) atoms. The molecule has 6 heteroatoms. The molecule has 4 nitrogen and oxygen atoms in total. The molecule has 1 aromatic heterocycles. The lowest BCUT2D eigenvalue weighted by Gasteiger charge is -2.08. The first-order valence-corrected chi connectivity index (χ1v) is 5.41. The zero-order valence-corrected chi connectivity index (χ0v) is 10.0. The largest absolute Gasteiger partial charge is 0.397 e. The number of nitrogens with one attached hydrogen (secondary N) is 1. The van der Waals surface area contributed by atoms with Gasteiger partial charge in [0.25, 0.3) is 0 Å². The van der Waals surface area contributed by atoms with Gasteiger partial charge in [0, 0.05) is 19.3 Å². The summed E-state index contributed by atoms with van der Waals surface area (Å²) in [6, 6.07) is 4.55. The average Bonchev–Trinajstić information content (AvgIpc) is 2.68. The fraction of sp³-hybridized carbons (Fsp3) is 0.182. The first kappa shape index (κ1) is 11.7. The molecule has 2 aromatic rings. The molecule has 0 radical (unpaired) electrons. The molecule has 1 aromatic carbocycles. The van der Waals surface area contributed by atoms with Crippen molar-refractivity contribution in [2.75, 3.05) is 11.1 Å². The van der Waals surface area contributed by atoms with E-state index in [1.165, 1.54) is 12.1 Å². The monoisotopic (exact) mass is 254 g/mol. The van der Waals surface area contributed by atoms with Gasteiger partial charge in [-0.1, -0.05) is 11.6 Å². The van der Waals surface area contributed by atoms with Crippen molar-refractivity contribution in [3.05, 3.63) is 40.9 Å². The van der Waals surface area contributed by atoms with Crippen LogP contribution in [0.4, 0.5) is 15.8 Å². The molecule has 1 heterocycles. The third-order valence-electron chi connectivity index (χ3n) is 2.32. The van der Waals surface area contributed by atoms with E-state index in [9.17, 15) is 4.39 Å². The quantitative estimate of drug-likeness (QED) is 0.827. The lowest BCUT2D eigenvalue weighted by atomic mass is 10.2. The number of aromatic nitrogens is 2. The number of anilines is 2. The van der Waals surface area contributed by atoms with E-state index in [0.29, 0.717) is 17.9 Å². The van der Waals surface area contributed by atoms with Gasteiger partial charge in [0.15, 0.2) is 0 Å². The van der Waals surface area contributed by atoms with Gasteiger partial charge < -0.3 is 11.1 Å². The van der Waals surface area contributed by atoms with E-state index in [1.807, 2.05) is 19.3 Å². The molecule has 0 aliphatic rings. The van der Waals surface area contributed by atoms with Crippen LogP contribution in [0.15, 0.2) is 24.4 Å². The third kappa shape index (κ3) is 2.68. The standard InChI is InChI=1S/C11H12ClFN4/c1-17-3-2-7(16-17)6-15-11-4-8(12)9(13)5-10(11)14/h2-5,15H,6,14H2,1H3. The summed E-state index contributed by atoms with van der Waals surface area (Å²) in [4.78, 5) is 0. The van der Waals surface area contributed by atoms with Crippen LogP contribution in [0.5, 0.6) is 0 Å². The lowest BCUT2D eigenvalue weighted by molar-refractivity contribution is 0.629. The van der Waals surface area contributed by atoms with Crippen LogP contribution in [0, 0.1) is 5.82 Å². The Balaban J connectivity index is 2.11. The molecule has 3 N–H and O–H groups in total. The summed E-state index contributed by atoms with van der Waals surface area (Å²) in [7, 11) is 1.84. The Bertz CT molecular complexity index is 538. The average molecular weight is 255 g/mol. The number of nitrogen functional groups attached to an aromatic ring is 1. The number of benzene rings is 1. The summed E-state index contributed by atoms with van der Waals surface area (Å²) in [5.41, 5.74) is 7.46. The van der Waals surface area contributed by atoms with Crippen LogP contribution in [0.25, 0.3) is 0 Å². The van der Waals surface area contributed by atoms with E-state index in [-0.39, 0.29) is 5.02 Å². The zero-order chi connectivity index (χ0) is 12.4. The van der Waals surface area contributed by atoms with Crippen molar-refractivity contribution in [1.29, 1.82) is 0 Å². The SMILES string of the molecule is Cn1ccc(CNc2cc(Cl)c(F)cc2N)n1. The third-order valence-corrected chi connectivity index (χ3v) is 2.61. The Morgan fingerprint density at radius 3 is 2.94 bits per heavy atom. The highest BCUT2D eigenvalue weighted by molar-refractivity contribution is 6.31. The predicted octanol–water partition coefficient (Wildman–Crippen LogP) is 2.41. The highest BCUT2D eigenvalue weighted by Crippen LogP contribution is 2.26. The number of nitrogens with zero attached hydrogens (tertiary/aromatic N) is 2. The second-order valence-electron chi connectivity index (χ2n) is 3.69. The number of rotatable bonds is 3. The van der Waals surface area contributed by atoms with Crippen molar-refractivity contribution in [2.45, 2.75) is 6.54 Å². The Morgan fingerprint density at radius 1 is 1.53 bits per heavy atom. The van der Waals surface area contributed by atoms with Crippen LogP contribution < -0.4 is 11.1 Å². The van der Waals surface area contributed by atoms with Gasteiger partial charge in [-0.25, -0.2) is 4.39 Å². The van der Waals surface area contributed by atoms with E-state index in [0.717, 1.165) is 5.69 Å². The Labute approximate surface area is 103 Å². The minimum Gasteiger partial charge on any atom is -0.397 e. The number of halogens is 2. The van der Waals surface area contributed by atoms with Crippen LogP contribution in [0.1, 0.15) is 5.69 Å². The fourth-order valence-electron chi connectivity index (χ4n) is 1.46. The van der Waals surface area contributed by atoms with Crippen LogP contribution in [-0.4, -0.2) is 9.78 Å². The normalized spacial score (nSPS) is 10.5. The van der Waals surface area contributed by atoms with E-state index in [2.05, 4.69) is 10.4 Å². The minimum absolute atomic E-state index is 0.0442. The van der Waals surface area contributed by atoms with Crippen molar-refractivity contribution >= 4 is 23.0 Å². The predicted molar refractivity (Wildman–Crippen MR) is 66.4 cm³/mol. The number of hydrogen-bond acceptors (Lipinski definition) is 3. The molecule has 0 aliphatic carbocycles. The van der Waals surface area contributed by atoms with Gasteiger partial charge in [0.1, 0.15) is 5.82 Å². The molecule has 0 unspecified atom stereocenters. The van der Waals surface area contributed by atoms with Gasteiger partial charge in [0.2, 0.25) is 0 Å². The molecule has 0 spiro atoms. The fourth-order valence-corrected chi connectivity index (χ4v) is 1.62. The molecule has 0 saturated heterocycles. The molecular weight excluding hydrogens is 243 g/mol. The summed E-state index contributed by atoms with van der Waals surface area (Å²) in [6.45, 7) is 0.507. The van der Waals surface area contributed by atoms with Gasteiger partial charge in [0.05, 0.1) is 28.6 Å². The Morgan fingerprint density at radius 2 is 2.29 bits per heavy atom. The summed E-state index contributed by atoms with van der Waals surface area (Å²) >= 11 is 5.68. The van der Waals surface area contributed by atoms with Gasteiger partial charge in [-0.2, -0.15) is 5.10 Å². The Hall–Kier alpha value is -1.75. The van der Waals surface area contributed by atoms with Gasteiger partial charge in [-0.3, -0.25) is 4.68 Å². The maximum Gasteiger partial charge on any atom is 0.143 e. The molecule has 90 valence electrons. The molecule has 0 aliphatic heterocycles. The summed E-state index contributed by atoms with van der Waals surface area (Å²) in [5.74, 6) is -0.521. The van der Waals surface area contributed by atoms with Crippen molar-refractivity contribution < 1.29 is 4.39 Å². The maximum atomic E-state index is 13.1. The zero-order valence-electron chi connectivity index (χ0n) is 9.24. The molecule has 0 saturated carbocycles. The number of aryl methyl sites for hydroxylation is 1. The first-order chi connectivity index (χ1) is 8.06. The van der Waals surface area contributed by atoms with Crippen LogP contribution in [0.3, 0.4) is 0 Å². The number of hydrogen-bond donors (Lipinski definition) is 2. The second-order valence-corrected chi connectivity index (χ2v) is 4.10. The van der Waals surface area contributed by atoms with Gasteiger partial charge in [-0.15, -0.1) is 0 Å². The second kappa shape index (κ2) is 4.63. The van der Waals surface area contributed by atoms with E-state index >= 15 is 0 Å². The van der Waals surface area contributed by atoms with Crippen molar-refractivity contribution in [2.24, 2.45) is 7.05 Å². The lowest BCUT2D eigenvalue weighted by Crippen LogP contribution is -2.04. The smallest absolute Gasteiger partial charge is 0.143 e. The Kier molecular flexibility index (Phi) is 3.19. The molecule has 0 atom stereocenters. The molecule has 2 rings (SSSR count). The molecule has 0 fully saturated rings. The summed E-state index contributed by atoms with van der Waals surface area (Å²) in [5, 5.41) is 7.30. The van der Waals surface area contributed by atoms with Crippen molar-refractivity contribution in [3.8, 4) is 0 Å². The molecular formula is C11H12ClFN4. The van der Waals surface area contributed by atoms with Crippen LogP contribution in [0.2, 0.25) is 5.02 Å². The van der Waals surface area contributed by atoms with E-state index in [4.69, 9.17) is 17.3 Å². The van der Waals surface area contributed by atoms with Gasteiger partial charge >= 0.3 is 0 Å². The summed E-state index contributed by atoms with van der Waals surface area (Å²) < 4.78 is 14.8. The summed E-state index contributed by atoms with van der Waals surface area (Å²) in [6.07, 6.45) is 1.85. The van der Waals surface area contributed by atoms with Gasteiger partial charge in [-0.05, 0) is 12.1 Å². The van der Waals surface area contributed by atoms with Crippen LogP contribution >= 0.6 is 11.6 Å². The minimum atomic E-state index is -0.521. The maximum absolute atomic E-state index is 13.1. The molecule has 0 amide bonds. The van der Waals surface area contributed by atoms with Crippen molar-refractivity contribution in [3.63, 3.8) is 0 Å².